The monoisotopic (exact) mass is 449 g/mol. The number of hydrogen-bond acceptors (Lipinski definition) is 1. The molecule has 0 unspecified atom stereocenters. The summed E-state index contributed by atoms with van der Waals surface area (Å²) in [6.45, 7) is 11.7. The van der Waals surface area contributed by atoms with Gasteiger partial charge in [0.15, 0.2) is 0 Å². The Hall–Kier alpha value is -3.89. The summed E-state index contributed by atoms with van der Waals surface area (Å²) in [6.07, 6.45) is 1.85. The average Bonchev–Trinajstić information content (AvgIpc) is 3.08. The summed E-state index contributed by atoms with van der Waals surface area (Å²) in [7, 11) is 0. The van der Waals surface area contributed by atoms with E-state index in [4.69, 9.17) is 0 Å². The van der Waals surface area contributed by atoms with E-state index >= 15 is 0 Å². The van der Waals surface area contributed by atoms with Gasteiger partial charge >= 0.3 is 0 Å². The van der Waals surface area contributed by atoms with Gasteiger partial charge in [0.05, 0.1) is 0 Å². The highest BCUT2D eigenvalue weighted by molar-refractivity contribution is 6.09. The van der Waals surface area contributed by atoms with Crippen LogP contribution < -0.4 is 0 Å². The summed E-state index contributed by atoms with van der Waals surface area (Å²) in [5.41, 5.74) is 11.6. The number of aromatic nitrogens is 1. The molecule has 0 fully saturated rings. The lowest BCUT2D eigenvalue weighted by Crippen LogP contribution is -2.24. The van der Waals surface area contributed by atoms with Crippen molar-refractivity contribution in [2.24, 2.45) is 0 Å². The smallest absolute Gasteiger partial charge is 0.121 e. The molecule has 1 heterocycles. The first-order chi connectivity index (χ1) is 16.8. The fraction of sp³-hybridized carbons (Fsp3) is 0.206. The van der Waals surface area contributed by atoms with Gasteiger partial charge in [-0.15, -0.1) is 0 Å². The molecule has 1 nitrogen and oxygen atoms in total. The Labute approximate surface area is 206 Å². The van der Waals surface area contributed by atoms with Gasteiger partial charge in [-0.3, -0.25) is 0 Å². The lowest BCUT2D eigenvalue weighted by Gasteiger charge is -2.35. The van der Waals surface area contributed by atoms with Crippen molar-refractivity contribution < 1.29 is 0 Å². The van der Waals surface area contributed by atoms with Crippen LogP contribution in [0.5, 0.6) is 0 Å². The Morgan fingerprint density at radius 3 is 2.14 bits per heavy atom. The Kier molecular flexibility index (Phi) is 3.87. The minimum Gasteiger partial charge on any atom is -0.247 e. The van der Waals surface area contributed by atoms with Crippen molar-refractivity contribution in [3.8, 4) is 23.0 Å². The van der Waals surface area contributed by atoms with Crippen molar-refractivity contribution in [2.75, 3.05) is 0 Å². The molecular weight excluding hydrogens is 422 g/mol. The molecule has 0 atom stereocenters. The largest absolute Gasteiger partial charge is 0.247 e. The van der Waals surface area contributed by atoms with Crippen molar-refractivity contribution in [1.82, 2.24) is 4.98 Å². The third kappa shape index (κ3) is 2.58. The normalized spacial score (nSPS) is 15.8. The topological polar surface area (TPSA) is 12.9 Å². The highest BCUT2D eigenvalue weighted by Crippen LogP contribution is 2.59. The molecule has 35 heavy (non-hydrogen) atoms. The van der Waals surface area contributed by atoms with Crippen LogP contribution in [-0.4, -0.2) is 4.98 Å². The molecule has 0 bridgehead atoms. The van der Waals surface area contributed by atoms with Gasteiger partial charge in [0.2, 0.25) is 0 Å². The van der Waals surface area contributed by atoms with E-state index in [9.17, 15) is 0 Å². The lowest BCUT2D eigenvalue weighted by molar-refractivity contribution is 0.639. The van der Waals surface area contributed by atoms with Gasteiger partial charge < -0.3 is 0 Å². The van der Waals surface area contributed by atoms with Crippen molar-refractivity contribution in [1.29, 1.82) is 0 Å². The first-order valence-corrected chi connectivity index (χ1v) is 12.4. The second kappa shape index (κ2) is 6.61. The van der Waals surface area contributed by atoms with Crippen LogP contribution >= 0.6 is 0 Å². The zero-order valence-electron chi connectivity index (χ0n) is 20.9. The number of fused-ring (bicyclic) bond motifs is 1. The highest BCUT2D eigenvalue weighted by atomic mass is 14.7. The molecule has 0 spiro atoms. The molecule has 1 heteroatoms. The van der Waals surface area contributed by atoms with Crippen LogP contribution in [0.1, 0.15) is 66.8 Å². The molecule has 2 aliphatic carbocycles. The minimum absolute atomic E-state index is 0.0682. The summed E-state index contributed by atoms with van der Waals surface area (Å²) < 4.78 is 0. The van der Waals surface area contributed by atoms with Crippen LogP contribution in [0.3, 0.4) is 0 Å². The molecule has 7 rings (SSSR count). The first kappa shape index (κ1) is 20.5. The van der Waals surface area contributed by atoms with Gasteiger partial charge in [-0.25, -0.2) is 4.98 Å². The predicted octanol–water partition coefficient (Wildman–Crippen LogP) is 8.04. The van der Waals surface area contributed by atoms with Gasteiger partial charge in [-0.2, -0.15) is 0 Å². The Morgan fingerprint density at radius 1 is 0.657 bits per heavy atom. The molecular formula is C34H27N. The Bertz CT molecular complexity index is 1800. The van der Waals surface area contributed by atoms with Crippen molar-refractivity contribution in [3.63, 3.8) is 0 Å². The highest BCUT2D eigenvalue weighted by Gasteiger charge is 2.45. The van der Waals surface area contributed by atoms with E-state index in [0.717, 1.165) is 16.6 Å². The maximum Gasteiger partial charge on any atom is 0.121 e. The second-order valence-corrected chi connectivity index (χ2v) is 11.2. The molecule has 0 aliphatic heterocycles. The van der Waals surface area contributed by atoms with Crippen LogP contribution in [0.25, 0.3) is 32.7 Å². The quantitative estimate of drug-likeness (QED) is 0.218. The SMILES string of the molecule is Cc1cc2c3c4c(cccc14)C(C)(C)c1cc(C#Cc4nccc5ccccc45)cc(c1-3)C2(C)C. The predicted molar refractivity (Wildman–Crippen MR) is 146 cm³/mol. The van der Waals surface area contributed by atoms with E-state index in [1.165, 1.54) is 55.1 Å². The minimum atomic E-state index is -0.0997. The van der Waals surface area contributed by atoms with E-state index in [1.807, 2.05) is 12.3 Å². The number of rotatable bonds is 0. The van der Waals surface area contributed by atoms with E-state index in [1.54, 1.807) is 0 Å². The summed E-state index contributed by atoms with van der Waals surface area (Å²) in [5.74, 6) is 6.91. The van der Waals surface area contributed by atoms with Gasteiger partial charge in [0.25, 0.3) is 0 Å². The molecule has 0 N–H and O–H groups in total. The van der Waals surface area contributed by atoms with E-state index in [0.29, 0.717) is 0 Å². The van der Waals surface area contributed by atoms with Crippen LogP contribution in [0.4, 0.5) is 0 Å². The molecule has 168 valence electrons. The molecule has 0 amide bonds. The third-order valence-electron chi connectivity index (χ3n) is 8.45. The molecule has 4 aromatic carbocycles. The van der Waals surface area contributed by atoms with E-state index in [-0.39, 0.29) is 10.8 Å². The van der Waals surface area contributed by atoms with Crippen LogP contribution in [0.2, 0.25) is 0 Å². The standard InChI is InChI=1S/C34H27N/c1-20-17-26-32-30-23(20)11-8-12-25(30)33(2,3)27-18-21(19-28(31(27)32)34(26,4)5)13-14-29-24-10-7-6-9-22(24)15-16-35-29/h6-12,15-19H,1-5H3. The molecule has 0 radical (unpaired) electrons. The van der Waals surface area contributed by atoms with E-state index in [2.05, 4.69) is 112 Å². The molecule has 0 saturated carbocycles. The molecule has 2 aliphatic rings. The Morgan fingerprint density at radius 2 is 1.34 bits per heavy atom. The zero-order chi connectivity index (χ0) is 24.1. The maximum atomic E-state index is 4.60. The number of benzene rings is 4. The van der Waals surface area contributed by atoms with Crippen LogP contribution in [-0.2, 0) is 10.8 Å². The summed E-state index contributed by atoms with van der Waals surface area (Å²) in [6, 6.07) is 24.3. The fourth-order valence-corrected chi connectivity index (χ4v) is 6.54. The first-order valence-electron chi connectivity index (χ1n) is 12.4. The average molecular weight is 450 g/mol. The molecule has 0 saturated heterocycles. The zero-order valence-corrected chi connectivity index (χ0v) is 20.9. The summed E-state index contributed by atoms with van der Waals surface area (Å²) in [4.78, 5) is 4.60. The van der Waals surface area contributed by atoms with Crippen LogP contribution in [0, 0.1) is 18.8 Å². The van der Waals surface area contributed by atoms with Gasteiger partial charge in [0, 0.05) is 28.0 Å². The maximum absolute atomic E-state index is 4.60. The van der Waals surface area contributed by atoms with Crippen molar-refractivity contribution >= 4 is 21.5 Å². The number of hydrogen-bond donors (Lipinski definition) is 0. The third-order valence-corrected chi connectivity index (χ3v) is 8.45. The van der Waals surface area contributed by atoms with Crippen molar-refractivity contribution in [3.05, 3.63) is 112 Å². The fourth-order valence-electron chi connectivity index (χ4n) is 6.54. The summed E-state index contributed by atoms with van der Waals surface area (Å²) >= 11 is 0. The Balaban J connectivity index is 1.52. The number of aryl methyl sites for hydroxylation is 1. The lowest BCUT2D eigenvalue weighted by atomic mass is 9.68. The van der Waals surface area contributed by atoms with E-state index < -0.39 is 0 Å². The van der Waals surface area contributed by atoms with Crippen LogP contribution in [0.15, 0.2) is 72.9 Å². The number of pyridine rings is 1. The second-order valence-electron chi connectivity index (χ2n) is 11.2. The molecule has 5 aromatic rings. The van der Waals surface area contributed by atoms with Crippen molar-refractivity contribution in [2.45, 2.75) is 45.4 Å². The van der Waals surface area contributed by atoms with Gasteiger partial charge in [0.1, 0.15) is 5.69 Å². The number of nitrogens with zero attached hydrogens (tertiary/aromatic N) is 1. The van der Waals surface area contributed by atoms with Gasteiger partial charge in [-0.1, -0.05) is 82.1 Å². The summed E-state index contributed by atoms with van der Waals surface area (Å²) in [5, 5.41) is 5.11. The molecule has 1 aromatic heterocycles. The van der Waals surface area contributed by atoms with Gasteiger partial charge in [-0.05, 0) is 86.1 Å².